The third-order valence-corrected chi connectivity index (χ3v) is 3.09. The van der Waals surface area contributed by atoms with Crippen LogP contribution in [0.15, 0.2) is 12.7 Å². The Hall–Kier alpha value is -1.39. The van der Waals surface area contributed by atoms with Crippen LogP contribution in [0.3, 0.4) is 0 Å². The van der Waals surface area contributed by atoms with E-state index in [-0.39, 0.29) is 6.42 Å². The highest BCUT2D eigenvalue weighted by molar-refractivity contribution is 5.66. The summed E-state index contributed by atoms with van der Waals surface area (Å²) in [5.74, 6) is -0.158. The third kappa shape index (κ3) is 2.55. The van der Waals surface area contributed by atoms with Crippen molar-refractivity contribution in [2.24, 2.45) is 5.92 Å². The van der Waals surface area contributed by atoms with Crippen LogP contribution in [-0.2, 0) is 4.79 Å². The Labute approximate surface area is 88.1 Å². The van der Waals surface area contributed by atoms with Crippen LogP contribution in [0.1, 0.15) is 38.1 Å². The molecule has 1 aliphatic carbocycles. The fourth-order valence-corrected chi connectivity index (χ4v) is 2.28. The largest absolute Gasteiger partial charge is 0.481 e. The van der Waals surface area contributed by atoms with Crippen LogP contribution < -0.4 is 0 Å². The Bertz CT molecular complexity index is 323. The van der Waals surface area contributed by atoms with Crippen molar-refractivity contribution in [1.82, 2.24) is 14.8 Å². The van der Waals surface area contributed by atoms with Gasteiger partial charge in [-0.05, 0) is 31.6 Å². The number of aromatic nitrogens is 3. The van der Waals surface area contributed by atoms with Crippen LogP contribution in [0.2, 0.25) is 0 Å². The molecule has 5 heteroatoms. The van der Waals surface area contributed by atoms with Gasteiger partial charge in [0.05, 0.1) is 6.04 Å². The predicted molar refractivity (Wildman–Crippen MR) is 53.3 cm³/mol. The zero-order valence-electron chi connectivity index (χ0n) is 8.54. The van der Waals surface area contributed by atoms with E-state index in [2.05, 4.69) is 10.1 Å². The van der Waals surface area contributed by atoms with Crippen LogP contribution >= 0.6 is 0 Å². The summed E-state index contributed by atoms with van der Waals surface area (Å²) in [6.45, 7) is 0. The van der Waals surface area contributed by atoms with Gasteiger partial charge in [0.15, 0.2) is 0 Å². The number of hydrogen-bond acceptors (Lipinski definition) is 3. The number of rotatable bonds is 4. The summed E-state index contributed by atoms with van der Waals surface area (Å²) in [4.78, 5) is 14.4. The van der Waals surface area contributed by atoms with Crippen molar-refractivity contribution in [2.45, 2.75) is 38.1 Å². The number of aliphatic carboxylic acids is 1. The monoisotopic (exact) mass is 209 g/mol. The maximum Gasteiger partial charge on any atom is 0.303 e. The van der Waals surface area contributed by atoms with Gasteiger partial charge in [0, 0.05) is 6.42 Å². The Balaban J connectivity index is 1.82. The molecule has 1 aliphatic rings. The normalized spacial score (nSPS) is 25.6. The standard InChI is InChI=1S/C10H15N3O2/c14-10(15)4-2-8-1-3-9(5-8)13-7-11-6-12-13/h6-9H,1-5H2,(H,14,15). The van der Waals surface area contributed by atoms with Crippen molar-refractivity contribution in [3.8, 4) is 0 Å². The molecule has 0 radical (unpaired) electrons. The van der Waals surface area contributed by atoms with Gasteiger partial charge in [0.25, 0.3) is 0 Å². The Morgan fingerprint density at radius 1 is 1.53 bits per heavy atom. The molecule has 1 aromatic heterocycles. The van der Waals surface area contributed by atoms with Gasteiger partial charge in [0.2, 0.25) is 0 Å². The van der Waals surface area contributed by atoms with Crippen LogP contribution in [0.25, 0.3) is 0 Å². The summed E-state index contributed by atoms with van der Waals surface area (Å²) in [5, 5.41) is 12.7. The Morgan fingerprint density at radius 3 is 3.07 bits per heavy atom. The van der Waals surface area contributed by atoms with Gasteiger partial charge in [-0.3, -0.25) is 4.79 Å². The summed E-state index contributed by atoms with van der Waals surface area (Å²) < 4.78 is 1.89. The van der Waals surface area contributed by atoms with Crippen molar-refractivity contribution in [1.29, 1.82) is 0 Å². The third-order valence-electron chi connectivity index (χ3n) is 3.09. The molecule has 0 spiro atoms. The lowest BCUT2D eigenvalue weighted by Gasteiger charge is -2.10. The SMILES string of the molecule is O=C(O)CCC1CCC(n2cncn2)C1. The number of carboxylic acid groups (broad SMARTS) is 1. The lowest BCUT2D eigenvalue weighted by Crippen LogP contribution is -2.06. The van der Waals surface area contributed by atoms with Crippen LogP contribution in [0.4, 0.5) is 0 Å². The number of carbonyl (C=O) groups is 1. The lowest BCUT2D eigenvalue weighted by molar-refractivity contribution is -0.137. The van der Waals surface area contributed by atoms with E-state index in [9.17, 15) is 4.79 Å². The molecule has 82 valence electrons. The summed E-state index contributed by atoms with van der Waals surface area (Å²) >= 11 is 0. The Morgan fingerprint density at radius 2 is 2.40 bits per heavy atom. The molecule has 0 amide bonds. The molecular formula is C10H15N3O2. The molecule has 1 aromatic rings. The van der Waals surface area contributed by atoms with Gasteiger partial charge in [0.1, 0.15) is 12.7 Å². The van der Waals surface area contributed by atoms with E-state index in [0.29, 0.717) is 12.0 Å². The molecule has 0 saturated heterocycles. The lowest BCUT2D eigenvalue weighted by atomic mass is 10.0. The molecule has 1 fully saturated rings. The zero-order valence-corrected chi connectivity index (χ0v) is 8.54. The van der Waals surface area contributed by atoms with Gasteiger partial charge in [-0.2, -0.15) is 5.10 Å². The van der Waals surface area contributed by atoms with Crippen molar-refractivity contribution >= 4 is 5.97 Å². The molecule has 5 nitrogen and oxygen atoms in total. The molecule has 15 heavy (non-hydrogen) atoms. The summed E-state index contributed by atoms with van der Waals surface area (Å²) in [6.07, 6.45) is 7.60. The number of carboxylic acids is 1. The fourth-order valence-electron chi connectivity index (χ4n) is 2.28. The van der Waals surface area contributed by atoms with E-state index in [1.807, 2.05) is 4.68 Å². The Kier molecular flexibility index (Phi) is 2.99. The van der Waals surface area contributed by atoms with Gasteiger partial charge >= 0.3 is 5.97 Å². The topological polar surface area (TPSA) is 68.0 Å². The first-order valence-corrected chi connectivity index (χ1v) is 5.31. The average Bonchev–Trinajstić information content (AvgIpc) is 2.85. The summed E-state index contributed by atoms with van der Waals surface area (Å²) in [7, 11) is 0. The van der Waals surface area contributed by atoms with E-state index in [0.717, 1.165) is 25.7 Å². The van der Waals surface area contributed by atoms with Crippen LogP contribution in [-0.4, -0.2) is 25.8 Å². The molecule has 0 bridgehead atoms. The molecule has 1 N–H and O–H groups in total. The minimum Gasteiger partial charge on any atom is -0.481 e. The van der Waals surface area contributed by atoms with E-state index < -0.39 is 5.97 Å². The minimum atomic E-state index is -0.695. The van der Waals surface area contributed by atoms with Crippen molar-refractivity contribution in [3.05, 3.63) is 12.7 Å². The van der Waals surface area contributed by atoms with E-state index >= 15 is 0 Å². The predicted octanol–water partition coefficient (Wildman–Crippen LogP) is 1.48. The van der Waals surface area contributed by atoms with E-state index in [1.165, 1.54) is 0 Å². The zero-order chi connectivity index (χ0) is 10.7. The minimum absolute atomic E-state index is 0.286. The second-order valence-corrected chi connectivity index (χ2v) is 4.14. The van der Waals surface area contributed by atoms with Crippen LogP contribution in [0, 0.1) is 5.92 Å². The molecule has 1 saturated carbocycles. The van der Waals surface area contributed by atoms with Gasteiger partial charge in [-0.1, -0.05) is 0 Å². The second kappa shape index (κ2) is 4.42. The number of hydrogen-bond donors (Lipinski definition) is 1. The molecule has 1 heterocycles. The maximum atomic E-state index is 10.4. The quantitative estimate of drug-likeness (QED) is 0.815. The first-order chi connectivity index (χ1) is 7.25. The highest BCUT2D eigenvalue weighted by Crippen LogP contribution is 2.36. The summed E-state index contributed by atoms with van der Waals surface area (Å²) in [6, 6.07) is 0.422. The fraction of sp³-hybridized carbons (Fsp3) is 0.700. The smallest absolute Gasteiger partial charge is 0.303 e. The second-order valence-electron chi connectivity index (χ2n) is 4.14. The highest BCUT2D eigenvalue weighted by atomic mass is 16.4. The average molecular weight is 209 g/mol. The molecule has 2 rings (SSSR count). The first-order valence-electron chi connectivity index (χ1n) is 5.31. The van der Waals surface area contributed by atoms with E-state index in [4.69, 9.17) is 5.11 Å². The number of nitrogens with zero attached hydrogens (tertiary/aromatic N) is 3. The maximum absolute atomic E-state index is 10.4. The molecule has 0 aliphatic heterocycles. The summed E-state index contributed by atoms with van der Waals surface area (Å²) in [5.41, 5.74) is 0. The van der Waals surface area contributed by atoms with Crippen molar-refractivity contribution < 1.29 is 9.90 Å². The molecular weight excluding hydrogens is 194 g/mol. The van der Waals surface area contributed by atoms with E-state index in [1.54, 1.807) is 12.7 Å². The highest BCUT2D eigenvalue weighted by Gasteiger charge is 2.26. The molecule has 2 unspecified atom stereocenters. The van der Waals surface area contributed by atoms with Gasteiger partial charge < -0.3 is 5.11 Å². The van der Waals surface area contributed by atoms with Crippen molar-refractivity contribution in [3.63, 3.8) is 0 Å². The van der Waals surface area contributed by atoms with Gasteiger partial charge in [-0.25, -0.2) is 9.67 Å². The van der Waals surface area contributed by atoms with Crippen molar-refractivity contribution in [2.75, 3.05) is 0 Å². The molecule has 0 aromatic carbocycles. The van der Waals surface area contributed by atoms with Crippen LogP contribution in [0.5, 0.6) is 0 Å². The first kappa shape index (κ1) is 10.1. The molecule has 2 atom stereocenters. The van der Waals surface area contributed by atoms with Gasteiger partial charge in [-0.15, -0.1) is 0 Å².